The molecule has 0 radical (unpaired) electrons. The van der Waals surface area contributed by atoms with Gasteiger partial charge in [-0.3, -0.25) is 4.99 Å². The molecule has 168 valence electrons. The van der Waals surface area contributed by atoms with Crippen molar-refractivity contribution in [1.82, 2.24) is 10.6 Å². The second kappa shape index (κ2) is 12.3. The molecule has 0 aliphatic carbocycles. The van der Waals surface area contributed by atoms with E-state index in [2.05, 4.69) is 92.4 Å². The van der Waals surface area contributed by atoms with E-state index in [4.69, 9.17) is 0 Å². The average Bonchev–Trinajstić information content (AvgIpc) is 3.17. The SMILES string of the molecule is C=C(N=CC)C(CC)CCCC1NC(c2ccc(C)c(C)c2)=C(C(C)/C=C\C=C/C)N1. The molecule has 3 heteroatoms. The molecular weight excluding hydrogens is 378 g/mol. The van der Waals surface area contributed by atoms with Gasteiger partial charge in [0.2, 0.25) is 0 Å². The predicted molar refractivity (Wildman–Crippen MR) is 137 cm³/mol. The first-order chi connectivity index (χ1) is 14.9. The molecule has 3 nitrogen and oxygen atoms in total. The molecule has 3 unspecified atom stereocenters. The summed E-state index contributed by atoms with van der Waals surface area (Å²) in [5.41, 5.74) is 7.44. The monoisotopic (exact) mass is 419 g/mol. The lowest BCUT2D eigenvalue weighted by molar-refractivity contribution is 0.441. The number of aryl methyl sites for hydroxylation is 2. The van der Waals surface area contributed by atoms with Gasteiger partial charge in [0.1, 0.15) is 0 Å². The Bertz CT molecular complexity index is 857. The van der Waals surface area contributed by atoms with E-state index >= 15 is 0 Å². The van der Waals surface area contributed by atoms with Crippen molar-refractivity contribution >= 4 is 11.9 Å². The van der Waals surface area contributed by atoms with E-state index in [-0.39, 0.29) is 6.17 Å². The highest BCUT2D eigenvalue weighted by atomic mass is 15.2. The van der Waals surface area contributed by atoms with Crippen LogP contribution in [0.15, 0.2) is 65.5 Å². The van der Waals surface area contributed by atoms with E-state index in [0.717, 1.165) is 31.4 Å². The Hall–Kier alpha value is -2.55. The summed E-state index contributed by atoms with van der Waals surface area (Å²) in [4.78, 5) is 4.41. The molecule has 0 bridgehead atoms. The van der Waals surface area contributed by atoms with Crippen LogP contribution in [-0.4, -0.2) is 12.4 Å². The third-order valence-electron chi connectivity index (χ3n) is 6.18. The maximum absolute atomic E-state index is 4.41. The van der Waals surface area contributed by atoms with Crippen LogP contribution in [0.4, 0.5) is 0 Å². The number of nitrogens with zero attached hydrogens (tertiary/aromatic N) is 1. The molecule has 2 rings (SSSR count). The van der Waals surface area contributed by atoms with Gasteiger partial charge in [-0.1, -0.05) is 56.9 Å². The highest BCUT2D eigenvalue weighted by Crippen LogP contribution is 2.29. The van der Waals surface area contributed by atoms with Gasteiger partial charge in [-0.2, -0.15) is 0 Å². The van der Waals surface area contributed by atoms with Crippen molar-refractivity contribution in [3.05, 3.63) is 77.2 Å². The quantitative estimate of drug-likeness (QED) is 0.297. The predicted octanol–water partition coefficient (Wildman–Crippen LogP) is 7.06. The molecule has 0 fully saturated rings. The van der Waals surface area contributed by atoms with Crippen LogP contribution in [0.1, 0.15) is 70.1 Å². The van der Waals surface area contributed by atoms with E-state index in [1.807, 2.05) is 20.1 Å². The van der Waals surface area contributed by atoms with Gasteiger partial charge in [-0.25, -0.2) is 0 Å². The first-order valence-electron chi connectivity index (χ1n) is 11.7. The number of aliphatic imine (C=N–C) groups is 1. The zero-order chi connectivity index (χ0) is 22.8. The maximum atomic E-state index is 4.41. The van der Waals surface area contributed by atoms with E-state index < -0.39 is 0 Å². The summed E-state index contributed by atoms with van der Waals surface area (Å²) in [6, 6.07) is 6.75. The summed E-state index contributed by atoms with van der Waals surface area (Å²) in [6.07, 6.45) is 15.1. The second-order valence-electron chi connectivity index (χ2n) is 8.54. The Kier molecular flexibility index (Phi) is 9.84. The fourth-order valence-electron chi connectivity index (χ4n) is 4.07. The smallest absolute Gasteiger partial charge is 0.0962 e. The van der Waals surface area contributed by atoms with Gasteiger partial charge in [0.15, 0.2) is 0 Å². The number of hydrogen-bond donors (Lipinski definition) is 2. The van der Waals surface area contributed by atoms with Crippen LogP contribution < -0.4 is 10.6 Å². The molecule has 1 aromatic carbocycles. The highest BCUT2D eigenvalue weighted by Gasteiger charge is 2.26. The Balaban J connectivity index is 2.13. The molecule has 1 aromatic rings. The third kappa shape index (κ3) is 6.99. The number of allylic oxidation sites excluding steroid dienone is 5. The molecule has 0 saturated heterocycles. The Morgan fingerprint density at radius 1 is 1.16 bits per heavy atom. The molecule has 31 heavy (non-hydrogen) atoms. The molecule has 0 saturated carbocycles. The van der Waals surface area contributed by atoms with E-state index in [9.17, 15) is 0 Å². The summed E-state index contributed by atoms with van der Waals surface area (Å²) >= 11 is 0. The molecule has 1 aliphatic heterocycles. The molecule has 2 N–H and O–H groups in total. The lowest BCUT2D eigenvalue weighted by Gasteiger charge is -2.18. The van der Waals surface area contributed by atoms with Crippen LogP contribution in [0.3, 0.4) is 0 Å². The fraction of sp³-hybridized carbons (Fsp3) is 0.464. The zero-order valence-electron chi connectivity index (χ0n) is 20.3. The largest absolute Gasteiger partial charge is 0.367 e. The summed E-state index contributed by atoms with van der Waals surface area (Å²) in [5, 5.41) is 7.57. The Labute approximate surface area is 190 Å². The standard InChI is InChI=1S/C28H41N3/c1-8-11-12-14-21(5)27-28(25-18-17-20(4)22(6)19-25)31-26(30-27)16-13-15-24(9-2)23(7)29-10-3/h8,10-12,14,17-19,21,24,26,30-31H,7,9,13,15-16H2,1-6H3/b11-8-,14-12-,29-10?. The molecule has 3 atom stereocenters. The fourth-order valence-corrected chi connectivity index (χ4v) is 4.07. The average molecular weight is 420 g/mol. The van der Waals surface area contributed by atoms with Gasteiger partial charge in [0, 0.05) is 29.4 Å². The van der Waals surface area contributed by atoms with E-state index in [1.54, 1.807) is 0 Å². The minimum absolute atomic E-state index is 0.254. The highest BCUT2D eigenvalue weighted by molar-refractivity contribution is 5.70. The van der Waals surface area contributed by atoms with Crippen LogP contribution in [0.25, 0.3) is 5.70 Å². The van der Waals surface area contributed by atoms with E-state index in [0.29, 0.717) is 11.8 Å². The number of rotatable bonds is 11. The molecule has 0 amide bonds. The zero-order valence-corrected chi connectivity index (χ0v) is 20.3. The van der Waals surface area contributed by atoms with Crippen LogP contribution in [0.2, 0.25) is 0 Å². The first-order valence-corrected chi connectivity index (χ1v) is 11.7. The maximum Gasteiger partial charge on any atom is 0.0962 e. The van der Waals surface area contributed by atoms with Gasteiger partial charge in [-0.05, 0) is 76.1 Å². The van der Waals surface area contributed by atoms with Crippen LogP contribution in [-0.2, 0) is 0 Å². The van der Waals surface area contributed by atoms with Gasteiger partial charge < -0.3 is 10.6 Å². The molecule has 1 heterocycles. The van der Waals surface area contributed by atoms with Crippen molar-refractivity contribution in [3.63, 3.8) is 0 Å². The summed E-state index contributed by atoms with van der Waals surface area (Å²) < 4.78 is 0. The van der Waals surface area contributed by atoms with Crippen molar-refractivity contribution in [2.24, 2.45) is 16.8 Å². The van der Waals surface area contributed by atoms with Crippen molar-refractivity contribution in [1.29, 1.82) is 0 Å². The third-order valence-corrected chi connectivity index (χ3v) is 6.18. The molecule has 0 spiro atoms. The first kappa shape index (κ1) is 24.7. The van der Waals surface area contributed by atoms with E-state index in [1.165, 1.54) is 28.1 Å². The van der Waals surface area contributed by atoms with Crippen molar-refractivity contribution in [3.8, 4) is 0 Å². The molecule has 0 aromatic heterocycles. The molecule has 1 aliphatic rings. The van der Waals surface area contributed by atoms with Gasteiger partial charge >= 0.3 is 0 Å². The summed E-state index contributed by atoms with van der Waals surface area (Å²) in [6.45, 7) is 17.0. The minimum atomic E-state index is 0.254. The lowest BCUT2D eigenvalue weighted by Crippen LogP contribution is -2.33. The van der Waals surface area contributed by atoms with Crippen LogP contribution >= 0.6 is 0 Å². The topological polar surface area (TPSA) is 36.4 Å². The molecular formula is C28H41N3. The second-order valence-corrected chi connectivity index (χ2v) is 8.54. The van der Waals surface area contributed by atoms with Crippen LogP contribution in [0, 0.1) is 25.7 Å². The van der Waals surface area contributed by atoms with Crippen molar-refractivity contribution in [2.45, 2.75) is 73.4 Å². The number of benzene rings is 1. The normalized spacial score (nSPS) is 18.7. The lowest BCUT2D eigenvalue weighted by atomic mass is 9.96. The Morgan fingerprint density at radius 3 is 2.58 bits per heavy atom. The van der Waals surface area contributed by atoms with Gasteiger partial charge in [-0.15, -0.1) is 0 Å². The number of nitrogens with one attached hydrogen (secondary N) is 2. The van der Waals surface area contributed by atoms with Crippen molar-refractivity contribution < 1.29 is 0 Å². The minimum Gasteiger partial charge on any atom is -0.367 e. The van der Waals surface area contributed by atoms with Gasteiger partial charge in [0.25, 0.3) is 0 Å². The summed E-state index contributed by atoms with van der Waals surface area (Å²) in [7, 11) is 0. The number of hydrogen-bond acceptors (Lipinski definition) is 3. The van der Waals surface area contributed by atoms with Crippen molar-refractivity contribution in [2.75, 3.05) is 0 Å². The van der Waals surface area contributed by atoms with Crippen LogP contribution in [0.5, 0.6) is 0 Å². The van der Waals surface area contributed by atoms with Gasteiger partial charge in [0.05, 0.1) is 11.9 Å². The summed E-state index contributed by atoms with van der Waals surface area (Å²) in [5.74, 6) is 0.777. The Morgan fingerprint density at radius 2 is 1.94 bits per heavy atom.